The van der Waals surface area contributed by atoms with E-state index in [0.29, 0.717) is 24.3 Å². The zero-order valence-electron chi connectivity index (χ0n) is 13.6. The van der Waals surface area contributed by atoms with E-state index in [0.717, 1.165) is 5.56 Å². The van der Waals surface area contributed by atoms with Crippen LogP contribution in [0.5, 0.6) is 5.75 Å². The molecule has 24 heavy (non-hydrogen) atoms. The monoisotopic (exact) mass is 348 g/mol. The first-order valence-corrected chi connectivity index (χ1v) is 8.90. The van der Waals surface area contributed by atoms with Gasteiger partial charge in [0.1, 0.15) is 5.75 Å². The first-order valence-electron chi connectivity index (χ1n) is 7.41. The summed E-state index contributed by atoms with van der Waals surface area (Å²) in [7, 11) is -0.534. The predicted molar refractivity (Wildman–Crippen MR) is 91.7 cm³/mol. The Labute approximate surface area is 141 Å². The second-order valence-electron chi connectivity index (χ2n) is 5.06. The van der Waals surface area contributed by atoms with Crippen LogP contribution in [0.3, 0.4) is 0 Å². The Hall–Kier alpha value is -2.38. The summed E-state index contributed by atoms with van der Waals surface area (Å²) in [6.07, 6.45) is 0.598. The topological polar surface area (TPSA) is 84.5 Å². The molecule has 0 spiro atoms. The van der Waals surface area contributed by atoms with Gasteiger partial charge in [0.25, 0.3) is 5.91 Å². The van der Waals surface area contributed by atoms with E-state index in [4.69, 9.17) is 4.74 Å². The van der Waals surface area contributed by atoms with Crippen LogP contribution in [0.25, 0.3) is 0 Å². The Kier molecular flexibility index (Phi) is 5.94. The summed E-state index contributed by atoms with van der Waals surface area (Å²) >= 11 is 0. The summed E-state index contributed by atoms with van der Waals surface area (Å²) in [6.45, 7) is 0.439. The van der Waals surface area contributed by atoms with Crippen LogP contribution in [0.15, 0.2) is 53.4 Å². The largest absolute Gasteiger partial charge is 0.496 e. The fourth-order valence-electron chi connectivity index (χ4n) is 2.20. The lowest BCUT2D eigenvalue weighted by atomic mass is 10.1. The first kappa shape index (κ1) is 18.0. The smallest absolute Gasteiger partial charge is 0.255 e. The highest BCUT2D eigenvalue weighted by molar-refractivity contribution is 7.89. The number of carbonyl (C=O) groups excluding carboxylic acids is 1. The minimum absolute atomic E-state index is 0.207. The van der Waals surface area contributed by atoms with Gasteiger partial charge in [0.15, 0.2) is 0 Å². The molecule has 0 radical (unpaired) electrons. The Morgan fingerprint density at radius 1 is 1.08 bits per heavy atom. The van der Waals surface area contributed by atoms with Crippen LogP contribution in [-0.4, -0.2) is 35.0 Å². The van der Waals surface area contributed by atoms with E-state index in [1.807, 2.05) is 0 Å². The van der Waals surface area contributed by atoms with Gasteiger partial charge < -0.3 is 10.1 Å². The molecule has 2 aromatic carbocycles. The molecule has 6 nitrogen and oxygen atoms in total. The van der Waals surface area contributed by atoms with Crippen LogP contribution in [0.1, 0.15) is 15.9 Å². The number of sulfonamides is 1. The number of para-hydroxylation sites is 1. The van der Waals surface area contributed by atoms with Crippen molar-refractivity contribution < 1.29 is 17.9 Å². The minimum Gasteiger partial charge on any atom is -0.496 e. The third-order valence-corrected chi connectivity index (χ3v) is 4.98. The Bertz CT molecular complexity index is 802. The molecule has 128 valence electrons. The summed E-state index contributed by atoms with van der Waals surface area (Å²) in [6, 6.07) is 13.6. The van der Waals surface area contributed by atoms with E-state index < -0.39 is 10.0 Å². The lowest BCUT2D eigenvalue weighted by molar-refractivity contribution is 0.0951. The average Bonchev–Trinajstić information content (AvgIpc) is 2.62. The molecule has 0 aromatic heterocycles. The predicted octanol–water partition coefficient (Wildman–Crippen LogP) is 1.58. The lowest BCUT2D eigenvalue weighted by Gasteiger charge is -2.09. The van der Waals surface area contributed by atoms with E-state index in [1.54, 1.807) is 48.5 Å². The number of ether oxygens (including phenoxy) is 1. The van der Waals surface area contributed by atoms with Crippen molar-refractivity contribution in [3.05, 3.63) is 59.7 Å². The molecule has 0 atom stereocenters. The second kappa shape index (κ2) is 7.94. The van der Waals surface area contributed by atoms with Crippen LogP contribution in [-0.2, 0) is 16.4 Å². The molecule has 0 saturated carbocycles. The van der Waals surface area contributed by atoms with Gasteiger partial charge in [-0.25, -0.2) is 13.1 Å². The number of hydrogen-bond acceptors (Lipinski definition) is 4. The number of amides is 1. The fraction of sp³-hybridized carbons (Fsp3) is 0.235. The summed E-state index contributed by atoms with van der Waals surface area (Å²) in [4.78, 5) is 12.4. The Morgan fingerprint density at radius 2 is 1.75 bits per heavy atom. The van der Waals surface area contributed by atoms with Crippen LogP contribution < -0.4 is 14.8 Å². The zero-order chi connectivity index (χ0) is 17.6. The van der Waals surface area contributed by atoms with Crippen molar-refractivity contribution in [2.45, 2.75) is 11.3 Å². The van der Waals surface area contributed by atoms with E-state index in [2.05, 4.69) is 10.0 Å². The van der Waals surface area contributed by atoms with Gasteiger partial charge in [-0.1, -0.05) is 24.3 Å². The molecular formula is C17H20N2O4S. The van der Waals surface area contributed by atoms with E-state index >= 15 is 0 Å². The Morgan fingerprint density at radius 3 is 2.38 bits per heavy atom. The quantitative estimate of drug-likeness (QED) is 0.796. The van der Waals surface area contributed by atoms with Gasteiger partial charge in [-0.2, -0.15) is 0 Å². The summed E-state index contributed by atoms with van der Waals surface area (Å²) < 4.78 is 30.7. The van der Waals surface area contributed by atoms with E-state index in [1.165, 1.54) is 14.2 Å². The molecule has 7 heteroatoms. The summed E-state index contributed by atoms with van der Waals surface area (Å²) in [5.74, 6) is 0.318. The van der Waals surface area contributed by atoms with Crippen molar-refractivity contribution in [2.24, 2.45) is 0 Å². The van der Waals surface area contributed by atoms with Gasteiger partial charge in [-0.3, -0.25) is 4.79 Å². The Balaban J connectivity index is 1.93. The minimum atomic E-state index is -3.43. The van der Waals surface area contributed by atoms with Gasteiger partial charge >= 0.3 is 0 Å². The zero-order valence-corrected chi connectivity index (χ0v) is 14.4. The summed E-state index contributed by atoms with van der Waals surface area (Å²) in [5.41, 5.74) is 1.42. The normalized spacial score (nSPS) is 11.1. The van der Waals surface area contributed by atoms with Crippen molar-refractivity contribution in [1.82, 2.24) is 10.0 Å². The maximum Gasteiger partial charge on any atom is 0.255 e. The van der Waals surface area contributed by atoms with E-state index in [9.17, 15) is 13.2 Å². The number of benzene rings is 2. The number of nitrogens with one attached hydrogen (secondary N) is 2. The number of carbonyl (C=O) groups is 1. The molecule has 2 rings (SSSR count). The SMILES string of the molecule is CNS(=O)(=O)c1ccc(CCNC(=O)c2ccccc2OC)cc1. The standard InChI is InChI=1S/C17H20N2O4S/c1-18-24(21,22)14-9-7-13(8-10-14)11-12-19-17(20)15-5-3-4-6-16(15)23-2/h3-10,18H,11-12H2,1-2H3,(H,19,20). The van der Waals surface area contributed by atoms with Crippen molar-refractivity contribution in [1.29, 1.82) is 0 Å². The molecule has 0 fully saturated rings. The van der Waals surface area contributed by atoms with Crippen molar-refractivity contribution in [3.63, 3.8) is 0 Å². The van der Waals surface area contributed by atoms with Gasteiger partial charge in [0, 0.05) is 6.54 Å². The molecule has 2 aromatic rings. The molecule has 0 aliphatic rings. The van der Waals surface area contributed by atoms with Gasteiger partial charge in [0.05, 0.1) is 17.6 Å². The van der Waals surface area contributed by atoms with Crippen molar-refractivity contribution >= 4 is 15.9 Å². The van der Waals surface area contributed by atoms with Crippen LogP contribution >= 0.6 is 0 Å². The van der Waals surface area contributed by atoms with E-state index in [-0.39, 0.29) is 10.8 Å². The lowest BCUT2D eigenvalue weighted by Crippen LogP contribution is -2.26. The van der Waals surface area contributed by atoms with Gasteiger partial charge in [-0.05, 0) is 43.3 Å². The van der Waals surface area contributed by atoms with Crippen molar-refractivity contribution in [2.75, 3.05) is 20.7 Å². The second-order valence-corrected chi connectivity index (χ2v) is 6.94. The molecule has 0 aliphatic carbocycles. The number of rotatable bonds is 7. The van der Waals surface area contributed by atoms with Crippen LogP contribution in [0.2, 0.25) is 0 Å². The number of methoxy groups -OCH3 is 1. The van der Waals surface area contributed by atoms with Crippen molar-refractivity contribution in [3.8, 4) is 5.75 Å². The molecule has 0 bridgehead atoms. The molecule has 0 saturated heterocycles. The third-order valence-electron chi connectivity index (χ3n) is 3.55. The molecule has 0 heterocycles. The highest BCUT2D eigenvalue weighted by Crippen LogP contribution is 2.17. The summed E-state index contributed by atoms with van der Waals surface area (Å²) in [5, 5.41) is 2.83. The maximum absolute atomic E-state index is 12.2. The van der Waals surface area contributed by atoms with Crippen LogP contribution in [0, 0.1) is 0 Å². The van der Waals surface area contributed by atoms with Gasteiger partial charge in [-0.15, -0.1) is 0 Å². The molecule has 2 N–H and O–H groups in total. The highest BCUT2D eigenvalue weighted by Gasteiger charge is 2.12. The molecular weight excluding hydrogens is 328 g/mol. The number of hydrogen-bond donors (Lipinski definition) is 2. The van der Waals surface area contributed by atoms with Gasteiger partial charge in [0.2, 0.25) is 10.0 Å². The maximum atomic E-state index is 12.2. The first-order chi connectivity index (χ1) is 11.5. The molecule has 0 unspecified atom stereocenters. The fourth-order valence-corrected chi connectivity index (χ4v) is 2.93. The molecule has 1 amide bonds. The molecule has 0 aliphatic heterocycles. The van der Waals surface area contributed by atoms with Crippen LogP contribution in [0.4, 0.5) is 0 Å². The average molecular weight is 348 g/mol. The third kappa shape index (κ3) is 4.33. The highest BCUT2D eigenvalue weighted by atomic mass is 32.2.